The van der Waals surface area contributed by atoms with E-state index in [9.17, 15) is 0 Å². The number of anilines is 1. The van der Waals surface area contributed by atoms with E-state index in [1.807, 2.05) is 0 Å². The molecule has 0 bridgehead atoms. The van der Waals surface area contributed by atoms with E-state index in [1.54, 1.807) is 0 Å². The highest BCUT2D eigenvalue weighted by atomic mass is 16.5. The molecule has 0 aromatic heterocycles. The van der Waals surface area contributed by atoms with Crippen molar-refractivity contribution in [1.29, 1.82) is 0 Å². The van der Waals surface area contributed by atoms with Crippen LogP contribution in [0.4, 0.5) is 5.69 Å². The number of hydrogen-bond donors (Lipinski definition) is 1. The van der Waals surface area contributed by atoms with Crippen molar-refractivity contribution in [2.75, 3.05) is 24.6 Å². The van der Waals surface area contributed by atoms with Gasteiger partial charge >= 0.3 is 0 Å². The maximum absolute atomic E-state index is 5.87. The summed E-state index contributed by atoms with van der Waals surface area (Å²) in [5.41, 5.74) is 1.24. The highest BCUT2D eigenvalue weighted by Gasteiger charge is 2.25. The molecule has 1 aliphatic heterocycles. The number of nitrogens with zero attached hydrogens (tertiary/aromatic N) is 1. The lowest BCUT2D eigenvalue weighted by atomic mass is 10.0. The number of hydrogen-bond acceptors (Lipinski definition) is 3. The molecule has 1 aromatic carbocycles. The van der Waals surface area contributed by atoms with Crippen LogP contribution in [-0.2, 0) is 0 Å². The molecule has 1 aliphatic rings. The van der Waals surface area contributed by atoms with Gasteiger partial charge < -0.3 is 15.0 Å². The van der Waals surface area contributed by atoms with E-state index in [2.05, 4.69) is 62.2 Å². The molecular weight excluding hydrogens is 248 g/mol. The number of rotatable bonds is 5. The predicted molar refractivity (Wildman–Crippen MR) is 85.7 cm³/mol. The molecule has 3 nitrogen and oxygen atoms in total. The average Bonchev–Trinajstić information content (AvgIpc) is 2.61. The van der Waals surface area contributed by atoms with Crippen LogP contribution in [0, 0.1) is 5.92 Å². The van der Waals surface area contributed by atoms with E-state index < -0.39 is 0 Å². The Labute approximate surface area is 123 Å². The molecule has 0 amide bonds. The quantitative estimate of drug-likeness (QED) is 0.893. The molecular formula is C17H28N2O. The summed E-state index contributed by atoms with van der Waals surface area (Å²) in [5.74, 6) is 1.63. The Morgan fingerprint density at radius 1 is 1.20 bits per heavy atom. The van der Waals surface area contributed by atoms with Gasteiger partial charge in [0.25, 0.3) is 0 Å². The molecule has 0 saturated carbocycles. The molecule has 0 fully saturated rings. The van der Waals surface area contributed by atoms with Gasteiger partial charge in [-0.15, -0.1) is 0 Å². The van der Waals surface area contributed by atoms with Gasteiger partial charge in [0, 0.05) is 25.2 Å². The molecule has 1 heterocycles. The summed E-state index contributed by atoms with van der Waals surface area (Å²) in [6, 6.07) is 9.45. The second-order valence-electron chi connectivity index (χ2n) is 6.24. The van der Waals surface area contributed by atoms with E-state index in [4.69, 9.17) is 4.74 Å². The van der Waals surface area contributed by atoms with Crippen molar-refractivity contribution in [3.63, 3.8) is 0 Å². The Hall–Kier alpha value is -1.22. The predicted octanol–water partition coefficient (Wildman–Crippen LogP) is 3.30. The van der Waals surface area contributed by atoms with Crippen LogP contribution in [0.25, 0.3) is 0 Å². The number of para-hydroxylation sites is 2. The maximum atomic E-state index is 5.87. The second-order valence-corrected chi connectivity index (χ2v) is 6.24. The van der Waals surface area contributed by atoms with E-state index in [0.717, 1.165) is 31.9 Å². The van der Waals surface area contributed by atoms with Crippen LogP contribution in [-0.4, -0.2) is 31.8 Å². The average molecular weight is 276 g/mol. The third-order valence-electron chi connectivity index (χ3n) is 3.88. The van der Waals surface area contributed by atoms with Gasteiger partial charge in [0.1, 0.15) is 5.75 Å². The fourth-order valence-electron chi connectivity index (χ4n) is 2.76. The Balaban J connectivity index is 2.23. The molecule has 1 atom stereocenters. The fourth-order valence-corrected chi connectivity index (χ4v) is 2.76. The molecule has 0 aliphatic carbocycles. The monoisotopic (exact) mass is 276 g/mol. The third kappa shape index (κ3) is 3.66. The van der Waals surface area contributed by atoms with Crippen molar-refractivity contribution < 1.29 is 4.74 Å². The molecule has 1 unspecified atom stereocenters. The van der Waals surface area contributed by atoms with Crippen LogP contribution in [0.2, 0.25) is 0 Å². The van der Waals surface area contributed by atoms with Gasteiger partial charge in [-0.2, -0.15) is 0 Å². The van der Waals surface area contributed by atoms with Gasteiger partial charge in [0.2, 0.25) is 0 Å². The zero-order chi connectivity index (χ0) is 14.5. The first-order chi connectivity index (χ1) is 9.59. The van der Waals surface area contributed by atoms with Gasteiger partial charge in [-0.3, -0.25) is 0 Å². The summed E-state index contributed by atoms with van der Waals surface area (Å²) in [6.45, 7) is 11.9. The van der Waals surface area contributed by atoms with Crippen LogP contribution < -0.4 is 15.0 Å². The Morgan fingerprint density at radius 2 is 1.95 bits per heavy atom. The minimum atomic E-state index is 0.500. The smallest absolute Gasteiger partial charge is 0.142 e. The highest BCUT2D eigenvalue weighted by molar-refractivity contribution is 5.59. The van der Waals surface area contributed by atoms with Crippen molar-refractivity contribution in [3.8, 4) is 5.75 Å². The van der Waals surface area contributed by atoms with Gasteiger partial charge in [-0.25, -0.2) is 0 Å². The van der Waals surface area contributed by atoms with Gasteiger partial charge in [0.05, 0.1) is 12.3 Å². The van der Waals surface area contributed by atoms with Crippen molar-refractivity contribution in [3.05, 3.63) is 24.3 Å². The summed E-state index contributed by atoms with van der Waals surface area (Å²) >= 11 is 0. The van der Waals surface area contributed by atoms with Crippen molar-refractivity contribution >= 4 is 5.69 Å². The first-order valence-corrected chi connectivity index (χ1v) is 7.81. The Kier molecular flexibility index (Phi) is 5.30. The van der Waals surface area contributed by atoms with Gasteiger partial charge in [-0.05, 0) is 24.5 Å². The Bertz CT molecular complexity index is 417. The summed E-state index contributed by atoms with van der Waals surface area (Å²) in [7, 11) is 0. The normalized spacial score (nSPS) is 16.8. The number of benzene rings is 1. The van der Waals surface area contributed by atoms with Crippen LogP contribution in [0.1, 0.15) is 34.1 Å². The minimum Gasteiger partial charge on any atom is -0.491 e. The van der Waals surface area contributed by atoms with Crippen LogP contribution in [0.5, 0.6) is 5.75 Å². The van der Waals surface area contributed by atoms with E-state index >= 15 is 0 Å². The molecule has 112 valence electrons. The molecule has 20 heavy (non-hydrogen) atoms. The van der Waals surface area contributed by atoms with E-state index in [0.29, 0.717) is 18.0 Å². The third-order valence-corrected chi connectivity index (χ3v) is 3.88. The van der Waals surface area contributed by atoms with Crippen LogP contribution in [0.15, 0.2) is 24.3 Å². The number of fused-ring (bicyclic) bond motifs is 1. The molecule has 0 spiro atoms. The van der Waals surface area contributed by atoms with Gasteiger partial charge in [-0.1, -0.05) is 39.8 Å². The molecule has 1 aromatic rings. The number of ether oxygens (including phenoxy) is 1. The SMILES string of the molecule is CC(C)NCC(C(C)C)N1CCCOc2ccccc21. The summed E-state index contributed by atoms with van der Waals surface area (Å²) in [5, 5.41) is 3.59. The lowest BCUT2D eigenvalue weighted by Gasteiger charge is -2.36. The molecule has 0 saturated heterocycles. The largest absolute Gasteiger partial charge is 0.491 e. The molecule has 3 heteroatoms. The minimum absolute atomic E-state index is 0.500. The van der Waals surface area contributed by atoms with E-state index in [-0.39, 0.29) is 0 Å². The lowest BCUT2D eigenvalue weighted by molar-refractivity contribution is 0.321. The van der Waals surface area contributed by atoms with Gasteiger partial charge in [0.15, 0.2) is 0 Å². The van der Waals surface area contributed by atoms with E-state index in [1.165, 1.54) is 5.69 Å². The van der Waals surface area contributed by atoms with Crippen LogP contribution >= 0.6 is 0 Å². The standard InChI is InChI=1S/C17H28N2O/c1-13(2)16(12-18-14(3)4)19-10-7-11-20-17-9-6-5-8-15(17)19/h5-6,8-9,13-14,16,18H,7,10-12H2,1-4H3. The molecule has 1 N–H and O–H groups in total. The zero-order valence-corrected chi connectivity index (χ0v) is 13.2. The summed E-state index contributed by atoms with van der Waals surface area (Å²) < 4.78 is 5.87. The summed E-state index contributed by atoms with van der Waals surface area (Å²) in [4.78, 5) is 2.53. The second kappa shape index (κ2) is 6.98. The first-order valence-electron chi connectivity index (χ1n) is 7.81. The van der Waals surface area contributed by atoms with Crippen LogP contribution in [0.3, 0.4) is 0 Å². The fraction of sp³-hybridized carbons (Fsp3) is 0.647. The Morgan fingerprint density at radius 3 is 2.65 bits per heavy atom. The summed E-state index contributed by atoms with van der Waals surface area (Å²) in [6.07, 6.45) is 1.08. The zero-order valence-electron chi connectivity index (χ0n) is 13.2. The van der Waals surface area contributed by atoms with Crippen molar-refractivity contribution in [2.24, 2.45) is 5.92 Å². The molecule has 0 radical (unpaired) electrons. The lowest BCUT2D eigenvalue weighted by Crippen LogP contribution is -2.47. The van der Waals surface area contributed by atoms with Crippen molar-refractivity contribution in [2.45, 2.75) is 46.2 Å². The van der Waals surface area contributed by atoms with Crippen molar-refractivity contribution in [1.82, 2.24) is 5.32 Å². The topological polar surface area (TPSA) is 24.5 Å². The molecule has 2 rings (SSSR count). The highest BCUT2D eigenvalue weighted by Crippen LogP contribution is 2.33. The number of nitrogens with one attached hydrogen (secondary N) is 1. The maximum Gasteiger partial charge on any atom is 0.142 e. The first kappa shape index (κ1) is 15.2.